The van der Waals surface area contributed by atoms with Crippen LogP contribution < -0.4 is 4.90 Å². The van der Waals surface area contributed by atoms with Crippen molar-refractivity contribution < 1.29 is 13.6 Å². The average Bonchev–Trinajstić information content (AvgIpc) is 3.27. The van der Waals surface area contributed by atoms with Crippen LogP contribution in [0.1, 0.15) is 28.7 Å². The van der Waals surface area contributed by atoms with E-state index in [2.05, 4.69) is 20.2 Å². The maximum absolute atomic E-state index is 13.2. The summed E-state index contributed by atoms with van der Waals surface area (Å²) in [7, 11) is 0. The predicted octanol–water partition coefficient (Wildman–Crippen LogP) is 2.91. The minimum absolute atomic E-state index is 0.176. The second-order valence-corrected chi connectivity index (χ2v) is 7.01. The highest BCUT2D eigenvalue weighted by atomic mass is 19.3. The Morgan fingerprint density at radius 3 is 2.32 bits per heavy atom. The summed E-state index contributed by atoms with van der Waals surface area (Å²) < 4.78 is 26.4. The summed E-state index contributed by atoms with van der Waals surface area (Å²) >= 11 is 0. The number of carbonyl (C=O) groups excluding carboxylic acids is 1. The molecule has 164 valence electrons. The quantitative estimate of drug-likeness (QED) is 0.520. The Balaban J connectivity index is 1.80. The van der Waals surface area contributed by atoms with Crippen LogP contribution in [0.15, 0.2) is 42.7 Å². The van der Waals surface area contributed by atoms with Crippen LogP contribution in [0.2, 0.25) is 0 Å². The van der Waals surface area contributed by atoms with E-state index in [0.29, 0.717) is 29.2 Å². The van der Waals surface area contributed by atoms with Crippen molar-refractivity contribution in [1.29, 1.82) is 0 Å². The molecule has 3 rings (SSSR count). The molecule has 0 spiro atoms. The van der Waals surface area contributed by atoms with Gasteiger partial charge in [-0.3, -0.25) is 4.79 Å². The molecule has 10 heteroatoms. The topological polar surface area (TPSA) is 80.0 Å². The minimum Gasteiger partial charge on any atom is -0.337 e. The SMILES string of the molecule is CCN(CCN(CC(F)F)c1nc(C)cc(C)n1)C(=O)c1ccccc1-n1nccn1. The number of hydrogen-bond acceptors (Lipinski definition) is 6. The lowest BCUT2D eigenvalue weighted by molar-refractivity contribution is 0.0766. The summed E-state index contributed by atoms with van der Waals surface area (Å²) in [6.45, 7) is 5.74. The summed E-state index contributed by atoms with van der Waals surface area (Å²) in [6, 6.07) is 8.81. The first kappa shape index (κ1) is 22.3. The van der Waals surface area contributed by atoms with Gasteiger partial charge in [0.1, 0.15) is 0 Å². The molecule has 0 aliphatic heterocycles. The second-order valence-electron chi connectivity index (χ2n) is 7.01. The van der Waals surface area contributed by atoms with Gasteiger partial charge in [0.2, 0.25) is 5.95 Å². The Labute approximate surface area is 179 Å². The molecular weight excluding hydrogens is 404 g/mol. The average molecular weight is 429 g/mol. The molecule has 0 saturated heterocycles. The van der Waals surface area contributed by atoms with E-state index < -0.39 is 13.0 Å². The highest BCUT2D eigenvalue weighted by molar-refractivity contribution is 5.97. The summed E-state index contributed by atoms with van der Waals surface area (Å²) in [5.74, 6) is 0.0104. The summed E-state index contributed by atoms with van der Waals surface area (Å²) in [6.07, 6.45) is 0.511. The Kier molecular flexibility index (Phi) is 7.22. The van der Waals surface area contributed by atoms with Crippen molar-refractivity contribution in [2.75, 3.05) is 31.1 Å². The number of amides is 1. The third-order valence-electron chi connectivity index (χ3n) is 4.69. The van der Waals surface area contributed by atoms with E-state index in [1.165, 1.54) is 22.1 Å². The third-order valence-corrected chi connectivity index (χ3v) is 4.69. The fourth-order valence-electron chi connectivity index (χ4n) is 3.27. The van der Waals surface area contributed by atoms with Crippen molar-refractivity contribution >= 4 is 11.9 Å². The van der Waals surface area contributed by atoms with Crippen LogP contribution in [0.5, 0.6) is 0 Å². The number of carbonyl (C=O) groups is 1. The van der Waals surface area contributed by atoms with E-state index in [1.54, 1.807) is 49.1 Å². The van der Waals surface area contributed by atoms with E-state index in [0.717, 1.165) is 0 Å². The molecule has 2 heterocycles. The van der Waals surface area contributed by atoms with Crippen molar-refractivity contribution in [3.8, 4) is 5.69 Å². The summed E-state index contributed by atoms with van der Waals surface area (Å²) in [5, 5.41) is 8.21. The van der Waals surface area contributed by atoms with Crippen LogP contribution in [0, 0.1) is 13.8 Å². The van der Waals surface area contributed by atoms with Gasteiger partial charge in [-0.15, -0.1) is 0 Å². The molecule has 0 unspecified atom stereocenters. The number of benzene rings is 1. The van der Waals surface area contributed by atoms with Gasteiger partial charge >= 0.3 is 0 Å². The Morgan fingerprint density at radius 1 is 1.06 bits per heavy atom. The molecule has 0 fully saturated rings. The maximum Gasteiger partial charge on any atom is 0.256 e. The number of anilines is 1. The van der Waals surface area contributed by atoms with Crippen molar-refractivity contribution in [2.45, 2.75) is 27.2 Å². The fraction of sp³-hybridized carbons (Fsp3) is 0.381. The molecule has 1 aromatic carbocycles. The maximum atomic E-state index is 13.2. The number of aryl methyl sites for hydroxylation is 2. The monoisotopic (exact) mass is 429 g/mol. The zero-order chi connectivity index (χ0) is 22.4. The molecule has 3 aromatic rings. The predicted molar refractivity (Wildman–Crippen MR) is 113 cm³/mol. The summed E-state index contributed by atoms with van der Waals surface area (Å²) in [5.41, 5.74) is 2.39. The standard InChI is InChI=1S/C21H25F2N7O/c1-4-28(20(31)17-7-5-6-8-18(17)30-24-9-10-25-30)11-12-29(14-19(22)23)21-26-15(2)13-16(3)27-21/h5-10,13,19H,4,11-12,14H2,1-3H3. The van der Waals surface area contributed by atoms with Gasteiger partial charge < -0.3 is 9.80 Å². The van der Waals surface area contributed by atoms with Gasteiger partial charge in [0, 0.05) is 31.0 Å². The number of para-hydroxylation sites is 1. The Morgan fingerprint density at radius 2 is 1.71 bits per heavy atom. The second kappa shape index (κ2) is 10.1. The van der Waals surface area contributed by atoms with Gasteiger partial charge in [-0.1, -0.05) is 12.1 Å². The van der Waals surface area contributed by atoms with Crippen LogP contribution in [0.3, 0.4) is 0 Å². The first-order valence-corrected chi connectivity index (χ1v) is 9.99. The number of nitrogens with zero attached hydrogens (tertiary/aromatic N) is 7. The molecule has 1 amide bonds. The van der Waals surface area contributed by atoms with Crippen molar-refractivity contribution in [3.05, 3.63) is 59.7 Å². The number of rotatable bonds is 9. The first-order chi connectivity index (χ1) is 14.9. The lowest BCUT2D eigenvalue weighted by Crippen LogP contribution is -2.41. The molecule has 0 radical (unpaired) electrons. The van der Waals surface area contributed by atoms with Gasteiger partial charge in [-0.2, -0.15) is 15.0 Å². The lowest BCUT2D eigenvalue weighted by Gasteiger charge is -2.28. The van der Waals surface area contributed by atoms with Crippen LogP contribution in [0.25, 0.3) is 5.69 Å². The van der Waals surface area contributed by atoms with E-state index in [4.69, 9.17) is 0 Å². The van der Waals surface area contributed by atoms with Crippen LogP contribution in [-0.2, 0) is 0 Å². The smallest absolute Gasteiger partial charge is 0.256 e. The highest BCUT2D eigenvalue weighted by Crippen LogP contribution is 2.16. The molecule has 0 aliphatic carbocycles. The van der Waals surface area contributed by atoms with Gasteiger partial charge in [0.25, 0.3) is 12.3 Å². The Hall–Kier alpha value is -3.43. The highest BCUT2D eigenvalue weighted by Gasteiger charge is 2.22. The van der Waals surface area contributed by atoms with Crippen LogP contribution >= 0.6 is 0 Å². The normalized spacial score (nSPS) is 11.0. The lowest BCUT2D eigenvalue weighted by atomic mass is 10.1. The van der Waals surface area contributed by atoms with E-state index >= 15 is 0 Å². The molecule has 0 saturated carbocycles. The van der Waals surface area contributed by atoms with E-state index in [-0.39, 0.29) is 24.9 Å². The molecular formula is C21H25F2N7O. The fourth-order valence-corrected chi connectivity index (χ4v) is 3.27. The molecule has 0 aliphatic rings. The largest absolute Gasteiger partial charge is 0.337 e. The van der Waals surface area contributed by atoms with Crippen molar-refractivity contribution in [3.63, 3.8) is 0 Å². The number of alkyl halides is 2. The zero-order valence-corrected chi connectivity index (χ0v) is 17.7. The Bertz CT molecular complexity index is 990. The van der Waals surface area contributed by atoms with Crippen molar-refractivity contribution in [2.24, 2.45) is 0 Å². The zero-order valence-electron chi connectivity index (χ0n) is 17.7. The molecule has 0 bridgehead atoms. The van der Waals surface area contributed by atoms with Gasteiger partial charge in [0.05, 0.1) is 30.2 Å². The number of hydrogen-bond donors (Lipinski definition) is 0. The molecule has 0 atom stereocenters. The number of likely N-dealkylation sites (N-methyl/N-ethyl adjacent to an activating group) is 1. The van der Waals surface area contributed by atoms with Crippen LogP contribution in [0.4, 0.5) is 14.7 Å². The molecule has 0 N–H and O–H groups in total. The van der Waals surface area contributed by atoms with Crippen molar-refractivity contribution in [1.82, 2.24) is 29.9 Å². The third kappa shape index (κ3) is 5.59. The van der Waals surface area contributed by atoms with Crippen LogP contribution in [-0.4, -0.2) is 68.4 Å². The van der Waals surface area contributed by atoms with Gasteiger partial charge in [0.15, 0.2) is 0 Å². The van der Waals surface area contributed by atoms with Gasteiger partial charge in [-0.25, -0.2) is 18.7 Å². The minimum atomic E-state index is -2.55. The van der Waals surface area contributed by atoms with E-state index in [9.17, 15) is 13.6 Å². The number of aromatic nitrogens is 5. The molecule has 31 heavy (non-hydrogen) atoms. The summed E-state index contributed by atoms with van der Waals surface area (Å²) in [4.78, 5) is 26.2. The first-order valence-electron chi connectivity index (χ1n) is 9.99. The van der Waals surface area contributed by atoms with Gasteiger partial charge in [-0.05, 0) is 39.0 Å². The molecule has 8 nitrogen and oxygen atoms in total. The van der Waals surface area contributed by atoms with E-state index in [1.807, 2.05) is 6.92 Å². The number of halogens is 2. The molecule has 2 aromatic heterocycles.